The highest BCUT2D eigenvalue weighted by Crippen LogP contribution is 2.55. The number of ether oxygens (including phenoxy) is 1. The summed E-state index contributed by atoms with van der Waals surface area (Å²) in [5.74, 6) is 1.80. The lowest BCUT2D eigenvalue weighted by atomic mass is 9.52. The maximum absolute atomic E-state index is 14.6. The van der Waals surface area contributed by atoms with Crippen LogP contribution in [-0.2, 0) is 0 Å². The van der Waals surface area contributed by atoms with Crippen LogP contribution in [0.2, 0.25) is 0 Å². The third kappa shape index (κ3) is 5.95. The number of aliphatic hydroxyl groups is 1. The fourth-order valence-corrected chi connectivity index (χ4v) is 7.81. The first-order valence-electron chi connectivity index (χ1n) is 14.6. The normalized spacial score (nSPS) is 30.5. The zero-order valence-electron chi connectivity index (χ0n) is 23.1. The van der Waals surface area contributed by atoms with Gasteiger partial charge in [-0.05, 0) is 93.1 Å². The molecule has 3 amide bonds. The SMILES string of the molecule is CC(C)CN(C)C(=O)c1ccc(OCCC2CCN(C(=O)NC3C4CC5CC3CC(O)(C5)C4)CC2)cc1F. The minimum Gasteiger partial charge on any atom is -0.493 e. The van der Waals surface area contributed by atoms with E-state index < -0.39 is 11.4 Å². The van der Waals surface area contributed by atoms with E-state index in [-0.39, 0.29) is 23.5 Å². The summed E-state index contributed by atoms with van der Waals surface area (Å²) in [5, 5.41) is 14.2. The molecule has 2 N–H and O–H groups in total. The Morgan fingerprint density at radius 3 is 2.47 bits per heavy atom. The number of amides is 3. The van der Waals surface area contributed by atoms with Crippen LogP contribution in [0.3, 0.4) is 0 Å². The van der Waals surface area contributed by atoms with Crippen molar-refractivity contribution in [2.24, 2.45) is 29.6 Å². The quantitative estimate of drug-likeness (QED) is 0.512. The highest BCUT2D eigenvalue weighted by molar-refractivity contribution is 5.94. The summed E-state index contributed by atoms with van der Waals surface area (Å²) in [6.45, 7) is 6.56. The fraction of sp³-hybridized carbons (Fsp3) is 0.733. The Balaban J connectivity index is 1.03. The summed E-state index contributed by atoms with van der Waals surface area (Å²) < 4.78 is 20.4. The number of halogens is 1. The molecule has 1 saturated heterocycles. The molecule has 1 aromatic carbocycles. The molecule has 5 fully saturated rings. The van der Waals surface area contributed by atoms with Gasteiger partial charge in [0, 0.05) is 38.8 Å². The standard InChI is InChI=1S/C30H44FN3O4/c1-19(2)18-33(3)28(35)25-5-4-24(14-26(25)31)38-11-8-20-6-9-34(10-7-20)29(36)32-27-22-12-21-13-23(27)17-30(37,15-21)16-22/h4-5,14,19-23,27,37H,6-13,15-18H2,1-3H3,(H,32,36). The van der Waals surface area contributed by atoms with Gasteiger partial charge in [0.15, 0.2) is 0 Å². The van der Waals surface area contributed by atoms with Gasteiger partial charge in [0.25, 0.3) is 5.91 Å². The number of nitrogens with one attached hydrogen (secondary N) is 1. The lowest BCUT2D eigenvalue weighted by molar-refractivity contribution is -0.137. The van der Waals surface area contributed by atoms with Crippen LogP contribution in [0, 0.1) is 35.4 Å². The summed E-state index contributed by atoms with van der Waals surface area (Å²) in [5.41, 5.74) is -0.413. The Kier molecular flexibility index (Phi) is 7.90. The van der Waals surface area contributed by atoms with E-state index in [1.807, 2.05) is 18.7 Å². The van der Waals surface area contributed by atoms with Crippen molar-refractivity contribution in [1.29, 1.82) is 0 Å². The van der Waals surface area contributed by atoms with E-state index in [1.165, 1.54) is 12.1 Å². The number of hydrogen-bond donors (Lipinski definition) is 2. The highest BCUT2D eigenvalue weighted by Gasteiger charge is 2.55. The lowest BCUT2D eigenvalue weighted by Crippen LogP contribution is -2.63. The third-order valence-electron chi connectivity index (χ3n) is 9.38. The Morgan fingerprint density at radius 2 is 1.87 bits per heavy atom. The van der Waals surface area contributed by atoms with Crippen LogP contribution in [-0.4, -0.2) is 71.8 Å². The summed E-state index contributed by atoms with van der Waals surface area (Å²) in [6.07, 6.45) is 7.62. The second-order valence-corrected chi connectivity index (χ2v) is 13.0. The van der Waals surface area contributed by atoms with E-state index in [0.717, 1.165) is 64.5 Å². The van der Waals surface area contributed by atoms with Crippen LogP contribution in [0.5, 0.6) is 5.75 Å². The zero-order chi connectivity index (χ0) is 27.0. The van der Waals surface area contributed by atoms with Gasteiger partial charge in [-0.3, -0.25) is 4.79 Å². The highest BCUT2D eigenvalue weighted by atomic mass is 19.1. The second-order valence-electron chi connectivity index (χ2n) is 13.0. The third-order valence-corrected chi connectivity index (χ3v) is 9.38. The summed E-state index contributed by atoms with van der Waals surface area (Å²) in [6, 6.07) is 4.73. The summed E-state index contributed by atoms with van der Waals surface area (Å²) >= 11 is 0. The van der Waals surface area contributed by atoms with Crippen LogP contribution in [0.25, 0.3) is 0 Å². The maximum atomic E-state index is 14.6. The fourth-order valence-electron chi connectivity index (χ4n) is 7.81. The lowest BCUT2D eigenvalue weighted by Gasteiger charge is -2.58. The first-order valence-corrected chi connectivity index (χ1v) is 14.6. The molecule has 0 aromatic heterocycles. The van der Waals surface area contributed by atoms with Crippen molar-refractivity contribution in [3.05, 3.63) is 29.6 Å². The van der Waals surface area contributed by atoms with Crippen LogP contribution in [0.1, 0.15) is 75.6 Å². The molecular weight excluding hydrogens is 485 g/mol. The van der Waals surface area contributed by atoms with Crippen LogP contribution < -0.4 is 10.1 Å². The number of carbonyl (C=O) groups is 2. The van der Waals surface area contributed by atoms with E-state index >= 15 is 0 Å². The molecule has 2 unspecified atom stereocenters. The van der Waals surface area contributed by atoms with Gasteiger partial charge in [0.2, 0.25) is 0 Å². The molecule has 4 bridgehead atoms. The largest absolute Gasteiger partial charge is 0.493 e. The van der Waals surface area contributed by atoms with E-state index in [4.69, 9.17) is 4.74 Å². The van der Waals surface area contributed by atoms with Crippen molar-refractivity contribution in [2.45, 2.75) is 76.9 Å². The van der Waals surface area contributed by atoms with E-state index in [9.17, 15) is 19.1 Å². The molecule has 1 aliphatic heterocycles. The average molecular weight is 530 g/mol. The minimum atomic E-state index is -0.560. The Bertz CT molecular complexity index is 1010. The Labute approximate surface area is 226 Å². The van der Waals surface area contributed by atoms with Gasteiger partial charge in [-0.25, -0.2) is 9.18 Å². The van der Waals surface area contributed by atoms with Crippen molar-refractivity contribution in [1.82, 2.24) is 15.1 Å². The number of likely N-dealkylation sites (tertiary alicyclic amines) is 1. The molecule has 6 rings (SSSR count). The molecule has 4 aliphatic carbocycles. The summed E-state index contributed by atoms with van der Waals surface area (Å²) in [7, 11) is 1.69. The van der Waals surface area contributed by atoms with Gasteiger partial charge in [-0.15, -0.1) is 0 Å². The van der Waals surface area contributed by atoms with Gasteiger partial charge in [0.05, 0.1) is 17.8 Å². The van der Waals surface area contributed by atoms with Crippen LogP contribution >= 0.6 is 0 Å². The van der Waals surface area contributed by atoms with Crippen molar-refractivity contribution in [2.75, 3.05) is 33.3 Å². The summed E-state index contributed by atoms with van der Waals surface area (Å²) in [4.78, 5) is 29.0. The molecule has 38 heavy (non-hydrogen) atoms. The number of hydrogen-bond acceptors (Lipinski definition) is 4. The smallest absolute Gasteiger partial charge is 0.317 e. The van der Waals surface area contributed by atoms with Crippen LogP contribution in [0.4, 0.5) is 9.18 Å². The molecule has 5 aliphatic rings. The average Bonchev–Trinajstić information content (AvgIpc) is 2.85. The molecule has 210 valence electrons. The topological polar surface area (TPSA) is 82.1 Å². The molecule has 7 nitrogen and oxygen atoms in total. The molecule has 2 atom stereocenters. The molecule has 1 heterocycles. The second kappa shape index (κ2) is 11.0. The first-order chi connectivity index (χ1) is 18.1. The molecular formula is C30H44FN3O4. The maximum Gasteiger partial charge on any atom is 0.317 e. The Morgan fingerprint density at radius 1 is 1.18 bits per heavy atom. The molecule has 0 spiro atoms. The molecule has 4 saturated carbocycles. The van der Waals surface area contributed by atoms with Crippen LogP contribution in [0.15, 0.2) is 18.2 Å². The van der Waals surface area contributed by atoms with Crippen molar-refractivity contribution in [3.8, 4) is 5.75 Å². The molecule has 0 radical (unpaired) electrons. The first kappa shape index (κ1) is 27.2. The number of piperidine rings is 1. The van der Waals surface area contributed by atoms with Gasteiger partial charge in [-0.2, -0.15) is 0 Å². The predicted octanol–water partition coefficient (Wildman–Crippen LogP) is 4.68. The minimum absolute atomic E-state index is 0.0494. The van der Waals surface area contributed by atoms with Gasteiger partial charge >= 0.3 is 6.03 Å². The predicted molar refractivity (Wildman–Crippen MR) is 143 cm³/mol. The zero-order valence-corrected chi connectivity index (χ0v) is 23.1. The van der Waals surface area contributed by atoms with Crippen molar-refractivity contribution < 1.29 is 23.8 Å². The van der Waals surface area contributed by atoms with Crippen molar-refractivity contribution in [3.63, 3.8) is 0 Å². The van der Waals surface area contributed by atoms with E-state index in [1.54, 1.807) is 18.0 Å². The van der Waals surface area contributed by atoms with Gasteiger partial charge < -0.3 is 25.0 Å². The molecule has 8 heteroatoms. The number of nitrogens with zero attached hydrogens (tertiary/aromatic N) is 2. The van der Waals surface area contributed by atoms with Gasteiger partial charge in [0.1, 0.15) is 11.6 Å². The monoisotopic (exact) mass is 529 g/mol. The van der Waals surface area contributed by atoms with Crippen molar-refractivity contribution >= 4 is 11.9 Å². The number of rotatable bonds is 8. The van der Waals surface area contributed by atoms with Gasteiger partial charge in [-0.1, -0.05) is 13.8 Å². The number of urea groups is 1. The number of benzene rings is 1. The number of carbonyl (C=O) groups excluding carboxylic acids is 2. The Hall–Kier alpha value is -2.35. The molecule has 1 aromatic rings. The van der Waals surface area contributed by atoms with E-state index in [0.29, 0.717) is 48.5 Å². The van der Waals surface area contributed by atoms with E-state index in [2.05, 4.69) is 5.32 Å².